The largest absolute Gasteiger partial charge is 0.368 e. The number of fused-ring (bicyclic) bond motifs is 3. The summed E-state index contributed by atoms with van der Waals surface area (Å²) >= 11 is 0. The molecule has 4 aromatic rings. The SMILES string of the molecule is CCN(CC=Cc1ccccc1)c1cccc2c1ccc1ccccc12. The van der Waals surface area contributed by atoms with Gasteiger partial charge in [-0.2, -0.15) is 0 Å². The van der Waals surface area contributed by atoms with Gasteiger partial charge in [-0.05, 0) is 34.7 Å². The molecular weight excluding hydrogens is 314 g/mol. The van der Waals surface area contributed by atoms with Crippen molar-refractivity contribution in [3.05, 3.63) is 96.6 Å². The fourth-order valence-corrected chi connectivity index (χ4v) is 3.58. The molecule has 0 aromatic heterocycles. The van der Waals surface area contributed by atoms with Crippen molar-refractivity contribution in [2.45, 2.75) is 6.92 Å². The van der Waals surface area contributed by atoms with E-state index >= 15 is 0 Å². The van der Waals surface area contributed by atoms with E-state index in [9.17, 15) is 0 Å². The number of benzene rings is 4. The van der Waals surface area contributed by atoms with E-state index in [-0.39, 0.29) is 0 Å². The van der Waals surface area contributed by atoms with Crippen molar-refractivity contribution in [2.75, 3.05) is 18.0 Å². The molecule has 4 rings (SSSR count). The topological polar surface area (TPSA) is 3.24 Å². The number of rotatable bonds is 5. The Balaban J connectivity index is 1.70. The monoisotopic (exact) mass is 337 g/mol. The summed E-state index contributed by atoms with van der Waals surface area (Å²) in [6, 6.07) is 30.2. The highest BCUT2D eigenvalue weighted by molar-refractivity contribution is 6.11. The highest BCUT2D eigenvalue weighted by Crippen LogP contribution is 2.32. The van der Waals surface area contributed by atoms with Gasteiger partial charge in [-0.25, -0.2) is 0 Å². The molecule has 26 heavy (non-hydrogen) atoms. The van der Waals surface area contributed by atoms with Crippen molar-refractivity contribution in [3.63, 3.8) is 0 Å². The normalized spacial score (nSPS) is 11.4. The minimum atomic E-state index is 0.900. The molecule has 128 valence electrons. The fraction of sp³-hybridized carbons (Fsp3) is 0.120. The predicted octanol–water partition coefficient (Wildman–Crippen LogP) is 6.53. The number of nitrogens with zero attached hydrogens (tertiary/aromatic N) is 1. The first kappa shape index (κ1) is 16.4. The molecule has 0 saturated heterocycles. The summed E-state index contributed by atoms with van der Waals surface area (Å²) in [5, 5.41) is 5.26. The van der Waals surface area contributed by atoms with E-state index in [2.05, 4.69) is 109 Å². The first-order valence-electron chi connectivity index (χ1n) is 9.24. The summed E-state index contributed by atoms with van der Waals surface area (Å²) in [5.74, 6) is 0. The molecule has 0 spiro atoms. The molecule has 0 unspecified atom stereocenters. The Kier molecular flexibility index (Phi) is 4.70. The van der Waals surface area contributed by atoms with E-state index < -0.39 is 0 Å². The molecule has 0 heterocycles. The predicted molar refractivity (Wildman–Crippen MR) is 115 cm³/mol. The van der Waals surface area contributed by atoms with Gasteiger partial charge < -0.3 is 4.90 Å². The van der Waals surface area contributed by atoms with Gasteiger partial charge in [0.1, 0.15) is 0 Å². The molecule has 4 aromatic carbocycles. The van der Waals surface area contributed by atoms with Crippen molar-refractivity contribution >= 4 is 33.3 Å². The third kappa shape index (κ3) is 3.21. The van der Waals surface area contributed by atoms with Crippen molar-refractivity contribution < 1.29 is 0 Å². The number of hydrogen-bond donors (Lipinski definition) is 0. The Hall–Kier alpha value is -3.06. The van der Waals surface area contributed by atoms with E-state index in [1.165, 1.54) is 32.8 Å². The summed E-state index contributed by atoms with van der Waals surface area (Å²) < 4.78 is 0. The lowest BCUT2D eigenvalue weighted by Crippen LogP contribution is -2.22. The minimum Gasteiger partial charge on any atom is -0.368 e. The van der Waals surface area contributed by atoms with Gasteiger partial charge in [0.25, 0.3) is 0 Å². The molecule has 0 amide bonds. The first-order valence-corrected chi connectivity index (χ1v) is 9.24. The van der Waals surface area contributed by atoms with E-state index in [4.69, 9.17) is 0 Å². The van der Waals surface area contributed by atoms with Crippen LogP contribution in [0.25, 0.3) is 27.6 Å². The smallest absolute Gasteiger partial charge is 0.0448 e. The minimum absolute atomic E-state index is 0.900. The zero-order chi connectivity index (χ0) is 17.8. The lowest BCUT2D eigenvalue weighted by Gasteiger charge is -2.23. The highest BCUT2D eigenvalue weighted by Gasteiger charge is 2.09. The Morgan fingerprint density at radius 3 is 2.31 bits per heavy atom. The van der Waals surface area contributed by atoms with Crippen LogP contribution in [0, 0.1) is 0 Å². The van der Waals surface area contributed by atoms with Crippen molar-refractivity contribution in [3.8, 4) is 0 Å². The van der Waals surface area contributed by atoms with Gasteiger partial charge in [-0.3, -0.25) is 0 Å². The Morgan fingerprint density at radius 1 is 0.692 bits per heavy atom. The number of anilines is 1. The maximum absolute atomic E-state index is 2.43. The third-order valence-corrected chi connectivity index (χ3v) is 4.92. The molecule has 0 aliphatic rings. The molecule has 0 fully saturated rings. The molecule has 0 N–H and O–H groups in total. The molecule has 0 atom stereocenters. The Labute approximate surface area is 155 Å². The van der Waals surface area contributed by atoms with Crippen LogP contribution in [0.5, 0.6) is 0 Å². The average molecular weight is 337 g/mol. The Bertz CT molecular complexity index is 1050. The van der Waals surface area contributed by atoms with Crippen LogP contribution in [-0.4, -0.2) is 13.1 Å². The number of likely N-dealkylation sites (N-methyl/N-ethyl adjacent to an activating group) is 1. The van der Waals surface area contributed by atoms with Crippen LogP contribution in [0.15, 0.2) is 91.0 Å². The van der Waals surface area contributed by atoms with Crippen LogP contribution in [-0.2, 0) is 0 Å². The second-order valence-electron chi connectivity index (χ2n) is 6.51. The molecule has 0 bridgehead atoms. The lowest BCUT2D eigenvalue weighted by atomic mass is 10.0. The van der Waals surface area contributed by atoms with Crippen LogP contribution in [0.3, 0.4) is 0 Å². The summed E-state index contributed by atoms with van der Waals surface area (Å²) in [4.78, 5) is 2.43. The van der Waals surface area contributed by atoms with Crippen LogP contribution in [0.2, 0.25) is 0 Å². The van der Waals surface area contributed by atoms with Crippen LogP contribution >= 0.6 is 0 Å². The lowest BCUT2D eigenvalue weighted by molar-refractivity contribution is 0.912. The average Bonchev–Trinajstić information content (AvgIpc) is 2.71. The Morgan fingerprint density at radius 2 is 1.46 bits per heavy atom. The van der Waals surface area contributed by atoms with Gasteiger partial charge in [0.2, 0.25) is 0 Å². The summed E-state index contributed by atoms with van der Waals surface area (Å²) in [5.41, 5.74) is 2.54. The molecular formula is C25H23N. The molecule has 0 radical (unpaired) electrons. The van der Waals surface area contributed by atoms with E-state index in [0.29, 0.717) is 0 Å². The van der Waals surface area contributed by atoms with Gasteiger partial charge in [0, 0.05) is 24.2 Å². The van der Waals surface area contributed by atoms with E-state index in [1.54, 1.807) is 0 Å². The second-order valence-corrected chi connectivity index (χ2v) is 6.51. The van der Waals surface area contributed by atoms with Crippen molar-refractivity contribution in [1.29, 1.82) is 0 Å². The molecule has 0 aliphatic carbocycles. The fourth-order valence-electron chi connectivity index (χ4n) is 3.58. The van der Waals surface area contributed by atoms with Crippen LogP contribution in [0.4, 0.5) is 5.69 Å². The van der Waals surface area contributed by atoms with Crippen molar-refractivity contribution in [2.24, 2.45) is 0 Å². The van der Waals surface area contributed by atoms with E-state index in [1.807, 2.05) is 0 Å². The molecule has 1 heteroatoms. The summed E-state index contributed by atoms with van der Waals surface area (Å²) in [7, 11) is 0. The van der Waals surface area contributed by atoms with Gasteiger partial charge in [0.15, 0.2) is 0 Å². The first-order chi connectivity index (χ1) is 12.9. The zero-order valence-electron chi connectivity index (χ0n) is 15.1. The van der Waals surface area contributed by atoms with Gasteiger partial charge in [-0.15, -0.1) is 0 Å². The van der Waals surface area contributed by atoms with E-state index in [0.717, 1.165) is 13.1 Å². The van der Waals surface area contributed by atoms with Gasteiger partial charge in [-0.1, -0.05) is 91.0 Å². The van der Waals surface area contributed by atoms with Crippen LogP contribution in [0.1, 0.15) is 12.5 Å². The van der Waals surface area contributed by atoms with Crippen molar-refractivity contribution in [1.82, 2.24) is 0 Å². The second kappa shape index (κ2) is 7.45. The maximum Gasteiger partial charge on any atom is 0.0448 e. The highest BCUT2D eigenvalue weighted by atomic mass is 15.1. The zero-order valence-corrected chi connectivity index (χ0v) is 15.1. The summed E-state index contributed by atoms with van der Waals surface area (Å²) in [6.45, 7) is 4.10. The molecule has 0 aliphatic heterocycles. The van der Waals surface area contributed by atoms with Crippen LogP contribution < -0.4 is 4.90 Å². The summed E-state index contributed by atoms with van der Waals surface area (Å²) in [6.07, 6.45) is 4.45. The molecule has 1 nitrogen and oxygen atoms in total. The quantitative estimate of drug-likeness (QED) is 0.374. The van der Waals surface area contributed by atoms with Gasteiger partial charge >= 0.3 is 0 Å². The number of hydrogen-bond acceptors (Lipinski definition) is 1. The maximum atomic E-state index is 2.43. The van der Waals surface area contributed by atoms with Gasteiger partial charge in [0.05, 0.1) is 0 Å². The molecule has 0 saturated carbocycles. The third-order valence-electron chi connectivity index (χ3n) is 4.92. The standard InChI is InChI=1S/C25H23N/c1-2-26(19-9-12-20-10-4-3-5-11-20)25-16-8-15-23-22-14-7-6-13-21(22)17-18-24(23)25/h3-18H,2,19H2,1H3.